The van der Waals surface area contributed by atoms with Crippen LogP contribution in [0.1, 0.15) is 51.5 Å². The Kier molecular flexibility index (Phi) is 10.3. The number of aliphatic imine (C=N–C) groups is 1. The summed E-state index contributed by atoms with van der Waals surface area (Å²) in [5, 5.41) is 6.71. The third-order valence-electron chi connectivity index (χ3n) is 5.19. The lowest BCUT2D eigenvalue weighted by molar-refractivity contribution is 0.0531. The van der Waals surface area contributed by atoms with Gasteiger partial charge in [-0.1, -0.05) is 25.5 Å². The van der Waals surface area contributed by atoms with Crippen molar-refractivity contribution in [2.45, 2.75) is 51.4 Å². The number of benzene rings is 1. The molecule has 0 aliphatic carbocycles. The number of nitrogens with one attached hydrogen (secondary N) is 2. The molecule has 28 heavy (non-hydrogen) atoms. The summed E-state index contributed by atoms with van der Waals surface area (Å²) in [6.45, 7) is 9.56. The van der Waals surface area contributed by atoms with E-state index in [1.807, 2.05) is 12.1 Å². The van der Waals surface area contributed by atoms with Crippen molar-refractivity contribution in [1.82, 2.24) is 10.6 Å². The summed E-state index contributed by atoms with van der Waals surface area (Å²) in [6, 6.07) is 6.87. The first kappa shape index (κ1) is 22.6. The van der Waals surface area contributed by atoms with E-state index >= 15 is 0 Å². The molecule has 1 aromatic rings. The van der Waals surface area contributed by atoms with E-state index in [-0.39, 0.29) is 11.2 Å². The van der Waals surface area contributed by atoms with Crippen LogP contribution in [0.2, 0.25) is 0 Å². The van der Waals surface area contributed by atoms with E-state index in [9.17, 15) is 4.39 Å². The number of guanidine groups is 1. The zero-order chi connectivity index (χ0) is 20.1. The van der Waals surface area contributed by atoms with Gasteiger partial charge >= 0.3 is 0 Å². The first-order valence-corrected chi connectivity index (χ1v) is 10.6. The lowest BCUT2D eigenvalue weighted by Gasteiger charge is -2.36. The minimum absolute atomic E-state index is 0.0996. The zero-order valence-electron chi connectivity index (χ0n) is 17.4. The van der Waals surface area contributed by atoms with Crippen LogP contribution in [0.4, 0.5) is 4.39 Å². The van der Waals surface area contributed by atoms with Crippen LogP contribution in [-0.2, 0) is 14.9 Å². The molecule has 0 atom stereocenters. The van der Waals surface area contributed by atoms with Gasteiger partial charge in [-0.3, -0.25) is 4.99 Å². The van der Waals surface area contributed by atoms with Crippen LogP contribution >= 0.6 is 0 Å². The van der Waals surface area contributed by atoms with Gasteiger partial charge in [0, 0.05) is 44.9 Å². The van der Waals surface area contributed by atoms with Crippen molar-refractivity contribution in [2.75, 3.05) is 46.1 Å². The molecular weight excluding hydrogens is 357 g/mol. The first-order chi connectivity index (χ1) is 13.7. The van der Waals surface area contributed by atoms with Crippen LogP contribution in [-0.4, -0.2) is 52.0 Å². The molecule has 6 heteroatoms. The van der Waals surface area contributed by atoms with Gasteiger partial charge in [0.1, 0.15) is 5.82 Å². The Balaban J connectivity index is 1.94. The quantitative estimate of drug-likeness (QED) is 0.342. The van der Waals surface area contributed by atoms with E-state index in [4.69, 9.17) is 14.5 Å². The molecule has 1 aliphatic heterocycles. The first-order valence-electron chi connectivity index (χ1n) is 10.6. The fourth-order valence-electron chi connectivity index (χ4n) is 3.41. The van der Waals surface area contributed by atoms with Gasteiger partial charge in [0.05, 0.1) is 6.54 Å². The Bertz CT molecular complexity index is 572. The SMILES string of the molecule is CCCCOCCCNC(=NCC1(c2ccc(F)cc2)CCOCC1)NCC. The third kappa shape index (κ3) is 7.40. The molecule has 0 amide bonds. The van der Waals surface area contributed by atoms with Gasteiger partial charge in [0.25, 0.3) is 0 Å². The molecule has 0 aromatic heterocycles. The van der Waals surface area contributed by atoms with Crippen LogP contribution in [0.15, 0.2) is 29.3 Å². The largest absolute Gasteiger partial charge is 0.381 e. The van der Waals surface area contributed by atoms with Crippen LogP contribution in [0.25, 0.3) is 0 Å². The lowest BCUT2D eigenvalue weighted by atomic mass is 9.74. The fourth-order valence-corrected chi connectivity index (χ4v) is 3.41. The monoisotopic (exact) mass is 393 g/mol. The van der Waals surface area contributed by atoms with Gasteiger partial charge in [0.2, 0.25) is 0 Å². The van der Waals surface area contributed by atoms with Gasteiger partial charge in [-0.05, 0) is 50.3 Å². The second-order valence-corrected chi connectivity index (χ2v) is 7.34. The van der Waals surface area contributed by atoms with Crippen molar-refractivity contribution >= 4 is 5.96 Å². The second-order valence-electron chi connectivity index (χ2n) is 7.34. The summed E-state index contributed by atoms with van der Waals surface area (Å²) in [5.74, 6) is 0.620. The summed E-state index contributed by atoms with van der Waals surface area (Å²) in [6.07, 6.45) is 5.02. The van der Waals surface area contributed by atoms with Gasteiger partial charge in [-0.25, -0.2) is 4.39 Å². The van der Waals surface area contributed by atoms with Gasteiger partial charge in [0.15, 0.2) is 5.96 Å². The smallest absolute Gasteiger partial charge is 0.191 e. The normalized spacial score (nSPS) is 16.8. The fraction of sp³-hybridized carbons (Fsp3) is 0.682. The van der Waals surface area contributed by atoms with E-state index in [2.05, 4.69) is 24.5 Å². The number of hydrogen-bond donors (Lipinski definition) is 2. The van der Waals surface area contributed by atoms with Crippen LogP contribution in [0.3, 0.4) is 0 Å². The van der Waals surface area contributed by atoms with Crippen LogP contribution in [0.5, 0.6) is 0 Å². The van der Waals surface area contributed by atoms with Crippen LogP contribution < -0.4 is 10.6 Å². The van der Waals surface area contributed by atoms with Gasteiger partial charge < -0.3 is 20.1 Å². The number of hydrogen-bond acceptors (Lipinski definition) is 3. The maximum atomic E-state index is 13.4. The number of halogens is 1. The maximum absolute atomic E-state index is 13.4. The maximum Gasteiger partial charge on any atom is 0.191 e. The summed E-state index contributed by atoms with van der Waals surface area (Å²) in [5.41, 5.74) is 1.04. The molecule has 0 radical (unpaired) electrons. The van der Waals surface area contributed by atoms with E-state index in [1.165, 1.54) is 12.1 Å². The highest BCUT2D eigenvalue weighted by Crippen LogP contribution is 2.35. The Morgan fingerprint density at radius 3 is 2.50 bits per heavy atom. The summed E-state index contributed by atoms with van der Waals surface area (Å²) in [7, 11) is 0. The Morgan fingerprint density at radius 1 is 1.11 bits per heavy atom. The molecule has 1 heterocycles. The van der Waals surface area contributed by atoms with Gasteiger partial charge in [-0.2, -0.15) is 0 Å². The van der Waals surface area contributed by atoms with E-state index in [0.717, 1.165) is 69.9 Å². The highest BCUT2D eigenvalue weighted by molar-refractivity contribution is 5.79. The number of nitrogens with zero attached hydrogens (tertiary/aromatic N) is 1. The van der Waals surface area contributed by atoms with Crippen molar-refractivity contribution in [1.29, 1.82) is 0 Å². The predicted molar refractivity (Wildman–Crippen MR) is 112 cm³/mol. The Labute approximate surface area is 169 Å². The van der Waals surface area contributed by atoms with Crippen molar-refractivity contribution < 1.29 is 13.9 Å². The molecule has 1 fully saturated rings. The van der Waals surface area contributed by atoms with Crippen LogP contribution in [0, 0.1) is 5.82 Å². The molecule has 2 rings (SSSR count). The number of rotatable bonds is 11. The number of unbranched alkanes of at least 4 members (excludes halogenated alkanes) is 1. The highest BCUT2D eigenvalue weighted by Gasteiger charge is 2.34. The molecule has 0 unspecified atom stereocenters. The molecule has 0 saturated carbocycles. The van der Waals surface area contributed by atoms with Crippen molar-refractivity contribution in [3.05, 3.63) is 35.6 Å². The van der Waals surface area contributed by atoms with E-state index < -0.39 is 0 Å². The van der Waals surface area contributed by atoms with Crippen molar-refractivity contribution in [3.8, 4) is 0 Å². The average molecular weight is 394 g/mol. The zero-order valence-corrected chi connectivity index (χ0v) is 17.4. The molecule has 1 aliphatic rings. The van der Waals surface area contributed by atoms with Crippen molar-refractivity contribution in [2.24, 2.45) is 4.99 Å². The lowest BCUT2D eigenvalue weighted by Crippen LogP contribution is -2.41. The highest BCUT2D eigenvalue weighted by atomic mass is 19.1. The second kappa shape index (κ2) is 12.7. The molecule has 1 aromatic carbocycles. The average Bonchev–Trinajstić information content (AvgIpc) is 2.72. The molecule has 158 valence electrons. The minimum atomic E-state index is -0.203. The molecule has 0 spiro atoms. The van der Waals surface area contributed by atoms with E-state index in [0.29, 0.717) is 19.8 Å². The molecule has 1 saturated heterocycles. The molecule has 2 N–H and O–H groups in total. The minimum Gasteiger partial charge on any atom is -0.381 e. The van der Waals surface area contributed by atoms with Gasteiger partial charge in [-0.15, -0.1) is 0 Å². The number of ether oxygens (including phenoxy) is 2. The summed E-state index contributed by atoms with van der Waals surface area (Å²) >= 11 is 0. The molecular formula is C22H36FN3O2. The molecule has 5 nitrogen and oxygen atoms in total. The standard InChI is InChI=1S/C22H36FN3O2/c1-3-5-14-27-15-6-13-25-21(24-4-2)26-18-22(11-16-28-17-12-22)19-7-9-20(23)10-8-19/h7-10H,3-6,11-18H2,1-2H3,(H2,24,25,26). The Hall–Kier alpha value is -1.66. The van der Waals surface area contributed by atoms with Crippen molar-refractivity contribution in [3.63, 3.8) is 0 Å². The summed E-state index contributed by atoms with van der Waals surface area (Å²) < 4.78 is 24.6. The molecule has 0 bridgehead atoms. The van der Waals surface area contributed by atoms with E-state index in [1.54, 1.807) is 0 Å². The Morgan fingerprint density at radius 2 is 1.82 bits per heavy atom. The predicted octanol–water partition coefficient (Wildman–Crippen LogP) is 3.64. The summed E-state index contributed by atoms with van der Waals surface area (Å²) in [4.78, 5) is 4.86. The third-order valence-corrected chi connectivity index (χ3v) is 5.19. The topological polar surface area (TPSA) is 54.9 Å².